The minimum absolute atomic E-state index is 0.0473. The summed E-state index contributed by atoms with van der Waals surface area (Å²) in [6, 6.07) is 13.1. The molecule has 2 aromatic rings. The van der Waals surface area contributed by atoms with Gasteiger partial charge < -0.3 is 19.9 Å². The summed E-state index contributed by atoms with van der Waals surface area (Å²) in [7, 11) is 1.54. The summed E-state index contributed by atoms with van der Waals surface area (Å²) < 4.78 is 11.2. The zero-order valence-corrected chi connectivity index (χ0v) is 15.5. The Balaban J connectivity index is 2.22. The van der Waals surface area contributed by atoms with Crippen molar-refractivity contribution in [3.63, 3.8) is 0 Å². The van der Waals surface area contributed by atoms with E-state index < -0.39 is 5.91 Å². The lowest BCUT2D eigenvalue weighted by atomic mass is 10.1. The Kier molecular flexibility index (Phi) is 6.84. The van der Waals surface area contributed by atoms with Crippen molar-refractivity contribution in [1.82, 2.24) is 0 Å². The van der Waals surface area contributed by atoms with Crippen molar-refractivity contribution in [1.29, 1.82) is 5.26 Å². The van der Waals surface area contributed by atoms with Crippen LogP contribution in [0.5, 0.6) is 17.2 Å². The molecule has 2 N–H and O–H groups in total. The lowest BCUT2D eigenvalue weighted by molar-refractivity contribution is -0.112. The number of carbonyl (C=O) groups excluding carboxylic acids is 1. The third-order valence-corrected chi connectivity index (χ3v) is 3.89. The Morgan fingerprint density at radius 2 is 1.96 bits per heavy atom. The van der Waals surface area contributed by atoms with Crippen LogP contribution in [0.1, 0.15) is 25.8 Å². The molecule has 0 heterocycles. The number of rotatable bonds is 7. The number of amides is 1. The molecule has 6 heteroatoms. The summed E-state index contributed by atoms with van der Waals surface area (Å²) in [6.45, 7) is 3.99. The summed E-state index contributed by atoms with van der Waals surface area (Å²) in [5.74, 6) is 0.689. The number of nitrogens with zero attached hydrogens (tertiary/aromatic N) is 1. The molecule has 0 spiro atoms. The number of carbonyl (C=O) groups is 1. The molecule has 0 aliphatic heterocycles. The molecule has 0 aromatic heterocycles. The van der Waals surface area contributed by atoms with Gasteiger partial charge in [-0.3, -0.25) is 4.79 Å². The van der Waals surface area contributed by atoms with Gasteiger partial charge in [0.15, 0.2) is 11.5 Å². The van der Waals surface area contributed by atoms with E-state index in [0.29, 0.717) is 22.7 Å². The van der Waals surface area contributed by atoms with Gasteiger partial charge in [-0.05, 0) is 61.4 Å². The van der Waals surface area contributed by atoms with E-state index in [4.69, 9.17) is 9.47 Å². The molecule has 0 saturated heterocycles. The van der Waals surface area contributed by atoms with Gasteiger partial charge in [-0.15, -0.1) is 0 Å². The number of nitrogens with one attached hydrogen (secondary N) is 1. The van der Waals surface area contributed by atoms with Crippen LogP contribution in [0.15, 0.2) is 48.0 Å². The topological polar surface area (TPSA) is 91.6 Å². The fourth-order valence-electron chi connectivity index (χ4n) is 2.23. The molecule has 27 heavy (non-hydrogen) atoms. The number of hydrogen-bond donors (Lipinski definition) is 2. The second-order valence-corrected chi connectivity index (χ2v) is 5.92. The first-order chi connectivity index (χ1) is 13.0. The van der Waals surface area contributed by atoms with Crippen molar-refractivity contribution < 1.29 is 19.4 Å². The first-order valence-corrected chi connectivity index (χ1v) is 8.53. The van der Waals surface area contributed by atoms with Gasteiger partial charge in [0.1, 0.15) is 17.4 Å². The zero-order chi connectivity index (χ0) is 19.8. The van der Waals surface area contributed by atoms with Gasteiger partial charge in [-0.1, -0.05) is 13.0 Å². The molecule has 0 bridgehead atoms. The molecule has 0 saturated carbocycles. The Hall–Kier alpha value is -3.46. The fourth-order valence-corrected chi connectivity index (χ4v) is 2.23. The Bertz CT molecular complexity index is 867. The molecular weight excluding hydrogens is 344 g/mol. The van der Waals surface area contributed by atoms with Crippen LogP contribution in [-0.2, 0) is 4.79 Å². The van der Waals surface area contributed by atoms with Crippen molar-refractivity contribution >= 4 is 17.7 Å². The van der Waals surface area contributed by atoms with Crippen molar-refractivity contribution in [2.75, 3.05) is 12.4 Å². The van der Waals surface area contributed by atoms with Gasteiger partial charge >= 0.3 is 0 Å². The van der Waals surface area contributed by atoms with E-state index in [9.17, 15) is 15.2 Å². The summed E-state index contributed by atoms with van der Waals surface area (Å²) in [6.07, 6.45) is 2.39. The highest BCUT2D eigenvalue weighted by Crippen LogP contribution is 2.30. The molecule has 2 aromatic carbocycles. The summed E-state index contributed by atoms with van der Waals surface area (Å²) >= 11 is 0. The standard InChI is InChI=1S/C21H22N2O4/c1-4-14(2)27-19-10-5-15(12-20(19)26-3)11-16(13-22)21(25)23-17-6-8-18(24)9-7-17/h5-12,14,24H,4H2,1-3H3,(H,23,25)/b16-11-/t14-/m0/s1. The summed E-state index contributed by atoms with van der Waals surface area (Å²) in [5, 5.41) is 21.2. The maximum atomic E-state index is 12.3. The van der Waals surface area contributed by atoms with Crippen molar-refractivity contribution in [3.8, 4) is 23.3 Å². The van der Waals surface area contributed by atoms with E-state index in [-0.39, 0.29) is 17.4 Å². The van der Waals surface area contributed by atoms with E-state index in [2.05, 4.69) is 5.32 Å². The highest BCUT2D eigenvalue weighted by atomic mass is 16.5. The minimum Gasteiger partial charge on any atom is -0.508 e. The predicted molar refractivity (Wildman–Crippen MR) is 104 cm³/mol. The van der Waals surface area contributed by atoms with Crippen molar-refractivity contribution in [3.05, 3.63) is 53.6 Å². The molecule has 6 nitrogen and oxygen atoms in total. The molecule has 1 amide bonds. The molecule has 0 unspecified atom stereocenters. The van der Waals surface area contributed by atoms with Crippen LogP contribution in [0.25, 0.3) is 6.08 Å². The highest BCUT2D eigenvalue weighted by Gasteiger charge is 2.12. The first-order valence-electron chi connectivity index (χ1n) is 8.53. The first kappa shape index (κ1) is 19.9. The van der Waals surface area contributed by atoms with Crippen LogP contribution < -0.4 is 14.8 Å². The van der Waals surface area contributed by atoms with Crippen LogP contribution in [0, 0.1) is 11.3 Å². The lowest BCUT2D eigenvalue weighted by Gasteiger charge is -2.15. The second-order valence-electron chi connectivity index (χ2n) is 5.92. The van der Waals surface area contributed by atoms with Gasteiger partial charge in [-0.25, -0.2) is 0 Å². The SMILES string of the molecule is CC[C@H](C)Oc1ccc(/C=C(/C#N)C(=O)Nc2ccc(O)cc2)cc1OC. The van der Waals surface area contributed by atoms with Gasteiger partial charge in [0.05, 0.1) is 13.2 Å². The van der Waals surface area contributed by atoms with Crippen LogP contribution in [0.3, 0.4) is 0 Å². The maximum absolute atomic E-state index is 12.3. The van der Waals surface area contributed by atoms with E-state index in [1.165, 1.54) is 25.3 Å². The van der Waals surface area contributed by atoms with Crippen LogP contribution in [0.4, 0.5) is 5.69 Å². The van der Waals surface area contributed by atoms with Gasteiger partial charge in [-0.2, -0.15) is 5.26 Å². The molecule has 0 radical (unpaired) electrons. The number of phenolic OH excluding ortho intramolecular Hbond substituents is 1. The summed E-state index contributed by atoms with van der Waals surface area (Å²) in [4.78, 5) is 12.3. The molecule has 0 aliphatic rings. The van der Waals surface area contributed by atoms with E-state index in [1.807, 2.05) is 19.9 Å². The second kappa shape index (κ2) is 9.30. The fraction of sp³-hybridized carbons (Fsp3) is 0.238. The third kappa shape index (κ3) is 5.51. The van der Waals surface area contributed by atoms with Crippen molar-refractivity contribution in [2.24, 2.45) is 0 Å². The normalized spacial score (nSPS) is 12.0. The Labute approximate surface area is 158 Å². The molecule has 2 rings (SSSR count). The van der Waals surface area contributed by atoms with E-state index >= 15 is 0 Å². The monoisotopic (exact) mass is 366 g/mol. The van der Waals surface area contributed by atoms with Crippen LogP contribution >= 0.6 is 0 Å². The number of nitriles is 1. The zero-order valence-electron chi connectivity index (χ0n) is 15.5. The molecule has 1 atom stereocenters. The minimum atomic E-state index is -0.540. The Morgan fingerprint density at radius 1 is 1.26 bits per heavy atom. The van der Waals surface area contributed by atoms with Gasteiger partial charge in [0.25, 0.3) is 5.91 Å². The molecule has 140 valence electrons. The smallest absolute Gasteiger partial charge is 0.266 e. The number of aromatic hydroxyl groups is 1. The van der Waals surface area contributed by atoms with Crippen LogP contribution in [0.2, 0.25) is 0 Å². The lowest BCUT2D eigenvalue weighted by Crippen LogP contribution is -2.13. The molecule has 0 fully saturated rings. The number of methoxy groups -OCH3 is 1. The van der Waals surface area contributed by atoms with Gasteiger partial charge in [0, 0.05) is 5.69 Å². The summed E-state index contributed by atoms with van der Waals surface area (Å²) in [5.41, 5.74) is 1.07. The molecular formula is C21H22N2O4. The number of ether oxygens (including phenoxy) is 2. The van der Waals surface area contributed by atoms with Gasteiger partial charge in [0.2, 0.25) is 0 Å². The number of hydrogen-bond acceptors (Lipinski definition) is 5. The third-order valence-electron chi connectivity index (χ3n) is 3.89. The van der Waals surface area contributed by atoms with E-state index in [0.717, 1.165) is 6.42 Å². The Morgan fingerprint density at radius 3 is 2.56 bits per heavy atom. The van der Waals surface area contributed by atoms with Crippen molar-refractivity contribution in [2.45, 2.75) is 26.4 Å². The largest absolute Gasteiger partial charge is 0.508 e. The highest BCUT2D eigenvalue weighted by molar-refractivity contribution is 6.09. The maximum Gasteiger partial charge on any atom is 0.266 e. The van der Waals surface area contributed by atoms with Crippen LogP contribution in [-0.4, -0.2) is 24.2 Å². The number of benzene rings is 2. The average molecular weight is 366 g/mol. The quantitative estimate of drug-likeness (QED) is 0.437. The predicted octanol–water partition coefficient (Wildman–Crippen LogP) is 4.12. The average Bonchev–Trinajstić information content (AvgIpc) is 2.68. The molecule has 0 aliphatic carbocycles. The number of phenols is 1. The number of anilines is 1. The van der Waals surface area contributed by atoms with E-state index in [1.54, 1.807) is 30.3 Å².